The average Bonchev–Trinajstić information content (AvgIpc) is 3.00. The van der Waals surface area contributed by atoms with Crippen LogP contribution >= 0.6 is 27.5 Å². The van der Waals surface area contributed by atoms with Crippen LogP contribution in [0.25, 0.3) is 6.08 Å². The summed E-state index contributed by atoms with van der Waals surface area (Å²) in [5.74, 6) is -0.381. The summed E-state index contributed by atoms with van der Waals surface area (Å²) in [6.45, 7) is 1.67. The zero-order chi connectivity index (χ0) is 22.5. The van der Waals surface area contributed by atoms with Crippen LogP contribution in [0.2, 0.25) is 5.02 Å². The smallest absolute Gasteiger partial charge is 0.344 e. The quantitative estimate of drug-likeness (QED) is 0.342. The molecular formula is C21H18BrClN2O6. The maximum absolute atomic E-state index is 12.8. The molecule has 1 N–H and O–H groups in total. The van der Waals surface area contributed by atoms with Gasteiger partial charge in [-0.25, -0.2) is 14.5 Å². The molecule has 1 aliphatic rings. The molecular weight excluding hydrogens is 492 g/mol. The van der Waals surface area contributed by atoms with E-state index in [0.717, 1.165) is 4.90 Å². The number of urea groups is 1. The van der Waals surface area contributed by atoms with Crippen LogP contribution in [0.1, 0.15) is 12.5 Å². The minimum atomic E-state index is -0.570. The Hall–Kier alpha value is -3.04. The Balaban J connectivity index is 1.85. The molecule has 1 saturated heterocycles. The lowest BCUT2D eigenvalue weighted by atomic mass is 10.1. The van der Waals surface area contributed by atoms with E-state index >= 15 is 0 Å². The molecule has 2 aromatic rings. The van der Waals surface area contributed by atoms with E-state index in [9.17, 15) is 14.4 Å². The molecule has 0 aromatic heterocycles. The lowest BCUT2D eigenvalue weighted by molar-refractivity contribution is -0.145. The van der Waals surface area contributed by atoms with E-state index in [2.05, 4.69) is 21.2 Å². The van der Waals surface area contributed by atoms with Gasteiger partial charge in [0.05, 0.1) is 23.9 Å². The number of imide groups is 1. The molecule has 1 heterocycles. The summed E-state index contributed by atoms with van der Waals surface area (Å²) in [5, 5.41) is 3.05. The number of halogens is 2. The molecule has 0 bridgehead atoms. The average molecular weight is 510 g/mol. The lowest BCUT2D eigenvalue weighted by Gasteiger charge is -2.13. The van der Waals surface area contributed by atoms with E-state index in [-0.39, 0.29) is 18.9 Å². The zero-order valence-electron chi connectivity index (χ0n) is 16.6. The van der Waals surface area contributed by atoms with Crippen LogP contribution in [0.3, 0.4) is 0 Å². The van der Waals surface area contributed by atoms with E-state index in [1.54, 1.807) is 43.3 Å². The van der Waals surface area contributed by atoms with Crippen molar-refractivity contribution in [1.29, 1.82) is 0 Å². The van der Waals surface area contributed by atoms with Gasteiger partial charge in [-0.15, -0.1) is 0 Å². The third kappa shape index (κ3) is 5.18. The molecule has 1 fully saturated rings. The zero-order valence-corrected chi connectivity index (χ0v) is 19.0. The van der Waals surface area contributed by atoms with E-state index in [1.807, 2.05) is 0 Å². The summed E-state index contributed by atoms with van der Waals surface area (Å²) >= 11 is 9.25. The molecule has 3 rings (SSSR count). The maximum Gasteiger partial charge on any atom is 0.344 e. The number of nitrogens with zero attached hydrogens (tertiary/aromatic N) is 1. The summed E-state index contributed by atoms with van der Waals surface area (Å²) < 4.78 is 16.2. The Kier molecular flexibility index (Phi) is 7.19. The van der Waals surface area contributed by atoms with Crippen molar-refractivity contribution in [3.05, 3.63) is 57.2 Å². The number of methoxy groups -OCH3 is 1. The third-order valence-corrected chi connectivity index (χ3v) is 5.01. The number of hydrogen-bond donors (Lipinski definition) is 1. The molecule has 0 saturated carbocycles. The summed E-state index contributed by atoms with van der Waals surface area (Å²) in [6, 6.07) is 9.06. The molecule has 10 heteroatoms. The van der Waals surface area contributed by atoms with Crippen molar-refractivity contribution >= 4 is 57.2 Å². The first-order valence-electron chi connectivity index (χ1n) is 9.12. The Bertz CT molecular complexity index is 1050. The molecule has 2 aromatic carbocycles. The Morgan fingerprint density at radius 2 is 1.94 bits per heavy atom. The highest BCUT2D eigenvalue weighted by Gasteiger charge is 2.34. The van der Waals surface area contributed by atoms with E-state index in [4.69, 9.17) is 25.8 Å². The largest absolute Gasteiger partial charge is 0.493 e. The third-order valence-electron chi connectivity index (χ3n) is 4.17. The first kappa shape index (κ1) is 22.6. The van der Waals surface area contributed by atoms with Crippen LogP contribution in [0, 0.1) is 0 Å². The molecule has 1 aliphatic heterocycles. The molecule has 0 spiro atoms. The summed E-state index contributed by atoms with van der Waals surface area (Å²) in [5.41, 5.74) is 1.06. The molecule has 3 amide bonds. The van der Waals surface area contributed by atoms with Gasteiger partial charge in [-0.3, -0.25) is 4.79 Å². The number of carbonyl (C=O) groups excluding carboxylic acids is 3. The van der Waals surface area contributed by atoms with Crippen LogP contribution in [-0.4, -0.2) is 38.2 Å². The first-order valence-corrected chi connectivity index (χ1v) is 10.3. The molecule has 31 heavy (non-hydrogen) atoms. The monoisotopic (exact) mass is 508 g/mol. The highest BCUT2D eigenvalue weighted by Crippen LogP contribution is 2.37. The van der Waals surface area contributed by atoms with E-state index in [0.29, 0.717) is 32.2 Å². The molecule has 8 nitrogen and oxygen atoms in total. The summed E-state index contributed by atoms with van der Waals surface area (Å²) in [6.07, 6.45) is 1.51. The number of esters is 1. The fraction of sp³-hybridized carbons (Fsp3) is 0.190. The van der Waals surface area contributed by atoms with Crippen molar-refractivity contribution in [2.45, 2.75) is 6.92 Å². The van der Waals surface area contributed by atoms with Crippen molar-refractivity contribution in [3.8, 4) is 11.5 Å². The van der Waals surface area contributed by atoms with Crippen LogP contribution in [0.4, 0.5) is 10.5 Å². The van der Waals surface area contributed by atoms with Gasteiger partial charge < -0.3 is 19.5 Å². The molecule has 162 valence electrons. The van der Waals surface area contributed by atoms with E-state index in [1.165, 1.54) is 13.2 Å². The highest BCUT2D eigenvalue weighted by atomic mass is 79.9. The predicted molar refractivity (Wildman–Crippen MR) is 118 cm³/mol. The standard InChI is InChI=1S/C21H18BrClN2O6/c1-3-30-18(26)11-31-19-15(22)8-12(10-17(19)29-2)9-16-20(27)25(21(28)24-16)14-6-4-13(23)5-7-14/h4-10H,3,11H2,1-2H3,(H,24,28)/b16-9+. The van der Waals surface area contributed by atoms with Crippen LogP contribution in [0.15, 0.2) is 46.6 Å². The van der Waals surface area contributed by atoms with Crippen molar-refractivity contribution in [1.82, 2.24) is 5.32 Å². The maximum atomic E-state index is 12.8. The SMILES string of the molecule is CCOC(=O)COc1c(Br)cc(/C=C2/NC(=O)N(c3ccc(Cl)cc3)C2=O)cc1OC. The van der Waals surface area contributed by atoms with Gasteiger partial charge in [0.2, 0.25) is 0 Å². The highest BCUT2D eigenvalue weighted by molar-refractivity contribution is 9.10. The van der Waals surface area contributed by atoms with Crippen LogP contribution < -0.4 is 19.7 Å². The molecule has 0 radical (unpaired) electrons. The van der Waals surface area contributed by atoms with Crippen molar-refractivity contribution in [2.75, 3.05) is 25.2 Å². The number of anilines is 1. The first-order chi connectivity index (χ1) is 14.8. The predicted octanol–water partition coefficient (Wildman–Crippen LogP) is 4.15. The van der Waals surface area contributed by atoms with Crippen LogP contribution in [0.5, 0.6) is 11.5 Å². The minimum absolute atomic E-state index is 0.0918. The second kappa shape index (κ2) is 9.84. The molecule has 0 aliphatic carbocycles. The van der Waals surface area contributed by atoms with Gasteiger partial charge in [-0.2, -0.15) is 0 Å². The molecule has 0 atom stereocenters. The summed E-state index contributed by atoms with van der Waals surface area (Å²) in [7, 11) is 1.45. The van der Waals surface area contributed by atoms with E-state index < -0.39 is 17.9 Å². The van der Waals surface area contributed by atoms with Gasteiger partial charge in [0.25, 0.3) is 5.91 Å². The van der Waals surface area contributed by atoms with Crippen molar-refractivity contribution < 1.29 is 28.6 Å². The second-order valence-electron chi connectivity index (χ2n) is 6.23. The number of benzene rings is 2. The number of amides is 3. The topological polar surface area (TPSA) is 94.2 Å². The number of hydrogen-bond acceptors (Lipinski definition) is 6. The second-order valence-corrected chi connectivity index (χ2v) is 7.52. The molecule has 0 unspecified atom stereocenters. The number of rotatable bonds is 7. The Morgan fingerprint density at radius 3 is 2.58 bits per heavy atom. The van der Waals surface area contributed by atoms with Gasteiger partial charge in [-0.05, 0) is 70.9 Å². The van der Waals surface area contributed by atoms with Gasteiger partial charge in [0.1, 0.15) is 5.70 Å². The van der Waals surface area contributed by atoms with Crippen LogP contribution in [-0.2, 0) is 14.3 Å². The van der Waals surface area contributed by atoms with Gasteiger partial charge >= 0.3 is 12.0 Å². The number of nitrogens with one attached hydrogen (secondary N) is 1. The Labute approximate surface area is 191 Å². The number of carbonyl (C=O) groups is 3. The van der Waals surface area contributed by atoms with Gasteiger partial charge in [0.15, 0.2) is 18.1 Å². The Morgan fingerprint density at radius 1 is 1.23 bits per heavy atom. The number of ether oxygens (including phenoxy) is 3. The minimum Gasteiger partial charge on any atom is -0.493 e. The normalized spacial score (nSPS) is 14.6. The van der Waals surface area contributed by atoms with Gasteiger partial charge in [0, 0.05) is 5.02 Å². The van der Waals surface area contributed by atoms with Crippen molar-refractivity contribution in [3.63, 3.8) is 0 Å². The van der Waals surface area contributed by atoms with Gasteiger partial charge in [-0.1, -0.05) is 11.6 Å². The summed E-state index contributed by atoms with van der Waals surface area (Å²) in [4.78, 5) is 37.7. The fourth-order valence-corrected chi connectivity index (χ4v) is 3.52. The van der Waals surface area contributed by atoms with Crippen molar-refractivity contribution in [2.24, 2.45) is 0 Å². The fourth-order valence-electron chi connectivity index (χ4n) is 2.82. The lowest BCUT2D eigenvalue weighted by Crippen LogP contribution is -2.30.